The topological polar surface area (TPSA) is 39.7 Å². The summed E-state index contributed by atoms with van der Waals surface area (Å²) in [6.45, 7) is 8.40. The highest BCUT2D eigenvalue weighted by Crippen LogP contribution is 2.26. The van der Waals surface area contributed by atoms with Crippen molar-refractivity contribution in [1.29, 1.82) is 0 Å². The summed E-state index contributed by atoms with van der Waals surface area (Å²) in [4.78, 5) is 7.48. The molecule has 2 fully saturated rings. The Hall–Kier alpha value is -0.820. The van der Waals surface area contributed by atoms with Gasteiger partial charge in [-0.25, -0.2) is 0 Å². The van der Waals surface area contributed by atoms with E-state index in [4.69, 9.17) is 4.99 Å². The van der Waals surface area contributed by atoms with Crippen molar-refractivity contribution in [2.75, 3.05) is 26.2 Å². The highest BCUT2D eigenvalue weighted by molar-refractivity contribution is 14.0. The van der Waals surface area contributed by atoms with Gasteiger partial charge in [0, 0.05) is 12.6 Å². The van der Waals surface area contributed by atoms with Crippen molar-refractivity contribution < 1.29 is 0 Å². The van der Waals surface area contributed by atoms with E-state index in [-0.39, 0.29) is 24.0 Å². The highest BCUT2D eigenvalue weighted by Gasteiger charge is 2.25. The molecule has 1 aromatic carbocycles. The minimum absolute atomic E-state index is 0. The van der Waals surface area contributed by atoms with Gasteiger partial charge in [0.15, 0.2) is 5.96 Å². The van der Waals surface area contributed by atoms with Gasteiger partial charge < -0.3 is 10.6 Å². The Labute approximate surface area is 163 Å². The third-order valence-corrected chi connectivity index (χ3v) is 4.73. The van der Waals surface area contributed by atoms with Crippen molar-refractivity contribution >= 4 is 29.9 Å². The van der Waals surface area contributed by atoms with Crippen molar-refractivity contribution in [3.63, 3.8) is 0 Å². The van der Waals surface area contributed by atoms with Crippen LogP contribution in [0, 0.1) is 6.92 Å². The van der Waals surface area contributed by atoms with Gasteiger partial charge in [0.05, 0.1) is 12.6 Å². The largest absolute Gasteiger partial charge is 0.357 e. The molecule has 1 atom stereocenters. The lowest BCUT2D eigenvalue weighted by Crippen LogP contribution is -2.39. The molecule has 5 heteroatoms. The molecule has 4 nitrogen and oxygen atoms in total. The van der Waals surface area contributed by atoms with Crippen LogP contribution in [0.15, 0.2) is 29.3 Å². The van der Waals surface area contributed by atoms with Gasteiger partial charge in [-0.2, -0.15) is 0 Å². The monoisotopic (exact) mass is 442 g/mol. The first-order valence-corrected chi connectivity index (χ1v) is 9.11. The smallest absolute Gasteiger partial charge is 0.191 e. The van der Waals surface area contributed by atoms with Crippen molar-refractivity contribution in [2.45, 2.75) is 51.6 Å². The second-order valence-corrected chi connectivity index (χ2v) is 6.81. The lowest BCUT2D eigenvalue weighted by molar-refractivity contribution is 0.251. The molecule has 1 aromatic rings. The minimum Gasteiger partial charge on any atom is -0.357 e. The standard InChI is InChI=1S/C19H30N4.HI/c1-3-20-19(22-17-10-11-17)21-14-18(23-12-4-5-13-23)16-8-6-15(2)7-9-16;/h6-9,17-18H,3-5,10-14H2,1-2H3,(H2,20,21,22);1H. The third kappa shape index (κ3) is 5.62. The first-order chi connectivity index (χ1) is 11.3. The summed E-state index contributed by atoms with van der Waals surface area (Å²) in [7, 11) is 0. The molecule has 2 N–H and O–H groups in total. The van der Waals surface area contributed by atoms with Gasteiger partial charge in [0.1, 0.15) is 0 Å². The van der Waals surface area contributed by atoms with E-state index in [2.05, 4.69) is 53.6 Å². The van der Waals surface area contributed by atoms with E-state index in [9.17, 15) is 0 Å². The lowest BCUT2D eigenvalue weighted by atomic mass is 10.0. The van der Waals surface area contributed by atoms with Crippen LogP contribution in [-0.4, -0.2) is 43.1 Å². The van der Waals surface area contributed by atoms with Crippen LogP contribution in [0.5, 0.6) is 0 Å². The third-order valence-electron chi connectivity index (χ3n) is 4.73. The van der Waals surface area contributed by atoms with E-state index in [1.807, 2.05) is 0 Å². The molecule has 0 aromatic heterocycles. The van der Waals surface area contributed by atoms with E-state index in [0.29, 0.717) is 12.1 Å². The van der Waals surface area contributed by atoms with Gasteiger partial charge in [-0.15, -0.1) is 24.0 Å². The summed E-state index contributed by atoms with van der Waals surface area (Å²) >= 11 is 0. The molecular formula is C19H31IN4. The molecule has 1 aliphatic carbocycles. The Morgan fingerprint density at radius 1 is 1.21 bits per heavy atom. The molecule has 134 valence electrons. The van der Waals surface area contributed by atoms with Crippen LogP contribution in [0.1, 0.15) is 49.8 Å². The average Bonchev–Trinajstić information content (AvgIpc) is 3.20. The van der Waals surface area contributed by atoms with E-state index in [1.165, 1.54) is 49.9 Å². The van der Waals surface area contributed by atoms with Crippen LogP contribution in [0.3, 0.4) is 0 Å². The Kier molecular flexibility index (Phi) is 7.81. The van der Waals surface area contributed by atoms with Gasteiger partial charge in [0.25, 0.3) is 0 Å². The molecular weight excluding hydrogens is 411 g/mol. The summed E-state index contributed by atoms with van der Waals surface area (Å²) in [5, 5.41) is 6.90. The molecule has 0 amide bonds. The Morgan fingerprint density at radius 2 is 1.88 bits per heavy atom. The quantitative estimate of drug-likeness (QED) is 0.403. The number of nitrogens with zero attached hydrogens (tertiary/aromatic N) is 2. The van der Waals surface area contributed by atoms with E-state index in [1.54, 1.807) is 0 Å². The predicted octanol–water partition coefficient (Wildman–Crippen LogP) is 3.47. The average molecular weight is 442 g/mol. The molecule has 1 aliphatic heterocycles. The van der Waals surface area contributed by atoms with E-state index in [0.717, 1.165) is 19.0 Å². The normalized spacial score (nSPS) is 19.7. The van der Waals surface area contributed by atoms with Gasteiger partial charge in [-0.1, -0.05) is 29.8 Å². The van der Waals surface area contributed by atoms with E-state index < -0.39 is 0 Å². The molecule has 0 bridgehead atoms. The predicted molar refractivity (Wildman–Crippen MR) is 112 cm³/mol. The van der Waals surface area contributed by atoms with Crippen LogP contribution in [0.2, 0.25) is 0 Å². The fourth-order valence-corrected chi connectivity index (χ4v) is 3.19. The number of aliphatic imine (C=N–C) groups is 1. The summed E-state index contributed by atoms with van der Waals surface area (Å²) < 4.78 is 0. The first kappa shape index (κ1) is 19.5. The molecule has 1 unspecified atom stereocenters. The van der Waals surface area contributed by atoms with Gasteiger partial charge in [-0.05, 0) is 58.2 Å². The molecule has 1 saturated carbocycles. The maximum Gasteiger partial charge on any atom is 0.191 e. The van der Waals surface area contributed by atoms with E-state index >= 15 is 0 Å². The number of likely N-dealkylation sites (tertiary alicyclic amines) is 1. The number of hydrogen-bond donors (Lipinski definition) is 2. The van der Waals surface area contributed by atoms with Gasteiger partial charge >= 0.3 is 0 Å². The highest BCUT2D eigenvalue weighted by atomic mass is 127. The van der Waals surface area contributed by atoms with Crippen molar-refractivity contribution in [1.82, 2.24) is 15.5 Å². The second-order valence-electron chi connectivity index (χ2n) is 6.81. The number of benzene rings is 1. The Morgan fingerprint density at radius 3 is 2.46 bits per heavy atom. The maximum atomic E-state index is 4.89. The zero-order chi connectivity index (χ0) is 16.1. The zero-order valence-electron chi connectivity index (χ0n) is 14.9. The molecule has 1 heterocycles. The fourth-order valence-electron chi connectivity index (χ4n) is 3.19. The Balaban J connectivity index is 0.00000208. The molecule has 3 rings (SSSR count). The fraction of sp³-hybridized carbons (Fsp3) is 0.632. The summed E-state index contributed by atoms with van der Waals surface area (Å²) in [6.07, 6.45) is 5.18. The SMILES string of the molecule is CCNC(=NCC(c1ccc(C)cc1)N1CCCC1)NC1CC1.I. The summed E-state index contributed by atoms with van der Waals surface area (Å²) in [5.74, 6) is 0.978. The number of nitrogens with one attached hydrogen (secondary N) is 2. The number of rotatable bonds is 6. The van der Waals surface area contributed by atoms with Gasteiger partial charge in [-0.3, -0.25) is 9.89 Å². The maximum absolute atomic E-state index is 4.89. The molecule has 0 spiro atoms. The zero-order valence-corrected chi connectivity index (χ0v) is 17.3. The molecule has 0 radical (unpaired) electrons. The van der Waals surface area contributed by atoms with Crippen LogP contribution >= 0.6 is 24.0 Å². The van der Waals surface area contributed by atoms with Crippen LogP contribution in [0.4, 0.5) is 0 Å². The molecule has 2 aliphatic rings. The van der Waals surface area contributed by atoms with Crippen molar-refractivity contribution in [2.24, 2.45) is 4.99 Å². The van der Waals surface area contributed by atoms with Crippen LogP contribution in [0.25, 0.3) is 0 Å². The number of aryl methyl sites for hydroxylation is 1. The lowest BCUT2D eigenvalue weighted by Gasteiger charge is -2.27. The van der Waals surface area contributed by atoms with Crippen molar-refractivity contribution in [3.05, 3.63) is 35.4 Å². The Bertz CT molecular complexity index is 519. The second kappa shape index (κ2) is 9.61. The van der Waals surface area contributed by atoms with Crippen molar-refractivity contribution in [3.8, 4) is 0 Å². The number of hydrogen-bond acceptors (Lipinski definition) is 2. The van der Waals surface area contributed by atoms with Crippen LogP contribution in [-0.2, 0) is 0 Å². The molecule has 1 saturated heterocycles. The van der Waals surface area contributed by atoms with Gasteiger partial charge in [0.2, 0.25) is 0 Å². The molecule has 24 heavy (non-hydrogen) atoms. The first-order valence-electron chi connectivity index (χ1n) is 9.11. The van der Waals surface area contributed by atoms with Crippen LogP contribution < -0.4 is 10.6 Å². The summed E-state index contributed by atoms with van der Waals surface area (Å²) in [5.41, 5.74) is 2.71. The number of halogens is 1. The minimum atomic E-state index is 0. The summed E-state index contributed by atoms with van der Waals surface area (Å²) in [6, 6.07) is 10.0. The number of guanidine groups is 1.